The third-order valence-electron chi connectivity index (χ3n) is 3.42. The van der Waals surface area contributed by atoms with Crippen LogP contribution in [0.3, 0.4) is 0 Å². The molecule has 0 saturated heterocycles. The van der Waals surface area contributed by atoms with Crippen molar-refractivity contribution in [2.45, 2.75) is 25.4 Å². The second-order valence-corrected chi connectivity index (χ2v) is 4.77. The number of aryl methyl sites for hydroxylation is 1. The Morgan fingerprint density at radius 1 is 1.44 bits per heavy atom. The van der Waals surface area contributed by atoms with E-state index in [-0.39, 0.29) is 17.8 Å². The maximum atomic E-state index is 13.3. The van der Waals surface area contributed by atoms with Crippen LogP contribution in [0.4, 0.5) is 18.9 Å². The summed E-state index contributed by atoms with van der Waals surface area (Å²) in [6.07, 6.45) is -1.29. The van der Waals surface area contributed by atoms with Gasteiger partial charge in [0.1, 0.15) is 5.41 Å². The monoisotopic (exact) mass is 256 g/mol. The van der Waals surface area contributed by atoms with Gasteiger partial charge in [0, 0.05) is 12.1 Å². The molecule has 2 aromatic heterocycles. The molecule has 0 aliphatic carbocycles. The first kappa shape index (κ1) is 11.3. The van der Waals surface area contributed by atoms with Crippen LogP contribution in [0.2, 0.25) is 0 Å². The van der Waals surface area contributed by atoms with Crippen molar-refractivity contribution >= 4 is 11.3 Å². The van der Waals surface area contributed by atoms with Crippen LogP contribution in [-0.2, 0) is 5.41 Å². The number of rotatable bonds is 0. The molecule has 0 spiro atoms. The molecule has 96 valence electrons. The van der Waals surface area contributed by atoms with Crippen LogP contribution in [0.1, 0.15) is 18.2 Å². The lowest BCUT2D eigenvalue weighted by molar-refractivity contribution is -0.179. The Kier molecular flexibility index (Phi) is 1.98. The van der Waals surface area contributed by atoms with Gasteiger partial charge in [-0.2, -0.15) is 18.3 Å². The predicted molar refractivity (Wildman–Crippen MR) is 59.6 cm³/mol. The van der Waals surface area contributed by atoms with Crippen molar-refractivity contribution in [1.29, 1.82) is 0 Å². The summed E-state index contributed by atoms with van der Waals surface area (Å²) in [5.41, 5.74) is -0.419. The lowest BCUT2D eigenvalue weighted by atomic mass is 9.84. The van der Waals surface area contributed by atoms with Crippen molar-refractivity contribution in [3.63, 3.8) is 0 Å². The fraction of sp³-hybridized carbons (Fsp3) is 0.455. The van der Waals surface area contributed by atoms with Crippen LogP contribution in [0.5, 0.6) is 0 Å². The summed E-state index contributed by atoms with van der Waals surface area (Å²) < 4.78 is 41.2. The van der Waals surface area contributed by atoms with Crippen LogP contribution in [0.15, 0.2) is 12.4 Å². The Hall–Kier alpha value is -1.79. The van der Waals surface area contributed by atoms with Gasteiger partial charge in [0.05, 0.1) is 23.8 Å². The molecule has 1 aliphatic heterocycles. The third kappa shape index (κ3) is 1.27. The third-order valence-corrected chi connectivity index (χ3v) is 3.42. The highest BCUT2D eigenvalue weighted by atomic mass is 19.4. The standard InChI is InChI=1S/C11H11F3N4/c1-6-4-18-9(17-6)8-7(3-16-18)15-5-10(8,2)11(12,13)14/h3-4,15H,5H2,1-2H3. The van der Waals surface area contributed by atoms with E-state index in [2.05, 4.69) is 15.4 Å². The molecule has 0 saturated carbocycles. The molecule has 0 radical (unpaired) electrons. The molecular formula is C11H11F3N4. The molecule has 0 aromatic carbocycles. The van der Waals surface area contributed by atoms with Crippen molar-refractivity contribution < 1.29 is 13.2 Å². The zero-order chi connectivity index (χ0) is 13.1. The lowest BCUT2D eigenvalue weighted by Crippen LogP contribution is -2.41. The van der Waals surface area contributed by atoms with E-state index in [1.165, 1.54) is 17.6 Å². The number of fused-ring (bicyclic) bond motifs is 3. The molecule has 1 aliphatic rings. The van der Waals surface area contributed by atoms with Crippen LogP contribution in [0, 0.1) is 6.92 Å². The molecule has 1 unspecified atom stereocenters. The molecule has 3 heterocycles. The van der Waals surface area contributed by atoms with E-state index in [4.69, 9.17) is 0 Å². The highest BCUT2D eigenvalue weighted by Gasteiger charge is 2.57. The summed E-state index contributed by atoms with van der Waals surface area (Å²) in [6.45, 7) is 2.74. The van der Waals surface area contributed by atoms with Crippen LogP contribution >= 0.6 is 0 Å². The van der Waals surface area contributed by atoms with E-state index in [9.17, 15) is 13.2 Å². The average molecular weight is 256 g/mol. The second kappa shape index (κ2) is 3.15. The number of nitrogens with zero attached hydrogens (tertiary/aromatic N) is 3. The van der Waals surface area contributed by atoms with Gasteiger partial charge in [-0.1, -0.05) is 0 Å². The molecule has 0 amide bonds. The number of halogens is 3. The van der Waals surface area contributed by atoms with E-state index in [1.54, 1.807) is 13.1 Å². The number of hydrogen-bond donors (Lipinski definition) is 1. The van der Waals surface area contributed by atoms with Crippen LogP contribution < -0.4 is 5.32 Å². The van der Waals surface area contributed by atoms with Crippen LogP contribution in [0.25, 0.3) is 5.65 Å². The van der Waals surface area contributed by atoms with Gasteiger partial charge in [0.2, 0.25) is 0 Å². The molecule has 1 atom stereocenters. The number of hydrogen-bond acceptors (Lipinski definition) is 3. The summed E-state index contributed by atoms with van der Waals surface area (Å²) >= 11 is 0. The van der Waals surface area contributed by atoms with Gasteiger partial charge in [-0.25, -0.2) is 9.50 Å². The van der Waals surface area contributed by atoms with Crippen molar-refractivity contribution in [3.8, 4) is 0 Å². The molecule has 18 heavy (non-hydrogen) atoms. The molecule has 1 N–H and O–H groups in total. The molecule has 2 aromatic rings. The Balaban J connectivity index is 2.35. The number of imidazole rings is 1. The summed E-state index contributed by atoms with van der Waals surface area (Å²) in [5, 5.41) is 6.81. The lowest BCUT2D eigenvalue weighted by Gasteiger charge is -2.27. The Bertz CT molecular complexity index is 631. The Labute approximate surface area is 101 Å². The fourth-order valence-corrected chi connectivity index (χ4v) is 2.33. The largest absolute Gasteiger partial charge is 0.400 e. The van der Waals surface area contributed by atoms with E-state index in [0.29, 0.717) is 11.4 Å². The maximum Gasteiger partial charge on any atom is 0.400 e. The van der Waals surface area contributed by atoms with Crippen molar-refractivity contribution in [2.75, 3.05) is 11.9 Å². The summed E-state index contributed by atoms with van der Waals surface area (Å²) in [7, 11) is 0. The van der Waals surface area contributed by atoms with E-state index < -0.39 is 11.6 Å². The summed E-state index contributed by atoms with van der Waals surface area (Å²) in [6, 6.07) is 0. The molecular weight excluding hydrogens is 245 g/mol. The minimum absolute atomic E-state index is 0.179. The number of anilines is 1. The molecule has 4 nitrogen and oxygen atoms in total. The summed E-state index contributed by atoms with van der Waals surface area (Å²) in [4.78, 5) is 4.15. The average Bonchev–Trinajstić information content (AvgIpc) is 2.78. The highest BCUT2D eigenvalue weighted by molar-refractivity contribution is 5.70. The quantitative estimate of drug-likeness (QED) is 0.786. The van der Waals surface area contributed by atoms with Crippen LogP contribution in [-0.4, -0.2) is 27.3 Å². The molecule has 0 fully saturated rings. The smallest absolute Gasteiger partial charge is 0.382 e. The highest BCUT2D eigenvalue weighted by Crippen LogP contribution is 2.48. The van der Waals surface area contributed by atoms with Gasteiger partial charge in [-0.15, -0.1) is 0 Å². The number of aromatic nitrogens is 3. The first-order chi connectivity index (χ1) is 8.33. The van der Waals surface area contributed by atoms with Crippen molar-refractivity contribution in [3.05, 3.63) is 23.7 Å². The van der Waals surface area contributed by atoms with Gasteiger partial charge in [0.15, 0.2) is 5.65 Å². The molecule has 0 bridgehead atoms. The minimum atomic E-state index is -4.33. The minimum Gasteiger partial charge on any atom is -0.382 e. The number of nitrogens with one attached hydrogen (secondary N) is 1. The molecule has 3 rings (SSSR count). The maximum absolute atomic E-state index is 13.3. The van der Waals surface area contributed by atoms with Crippen molar-refractivity contribution in [2.24, 2.45) is 0 Å². The predicted octanol–water partition coefficient (Wildman–Crippen LogP) is 2.28. The van der Waals surface area contributed by atoms with Crippen molar-refractivity contribution in [1.82, 2.24) is 14.6 Å². The zero-order valence-corrected chi connectivity index (χ0v) is 9.84. The Morgan fingerprint density at radius 2 is 2.17 bits per heavy atom. The topological polar surface area (TPSA) is 42.2 Å². The van der Waals surface area contributed by atoms with E-state index in [0.717, 1.165) is 0 Å². The first-order valence-electron chi connectivity index (χ1n) is 5.49. The zero-order valence-electron chi connectivity index (χ0n) is 9.84. The SMILES string of the molecule is Cc1cn2ncc3c(c2n1)C(C)(C(F)(F)F)CN3. The number of alkyl halides is 3. The Morgan fingerprint density at radius 3 is 2.83 bits per heavy atom. The second-order valence-electron chi connectivity index (χ2n) is 4.77. The van der Waals surface area contributed by atoms with Gasteiger partial charge in [0.25, 0.3) is 0 Å². The first-order valence-corrected chi connectivity index (χ1v) is 5.49. The fourth-order valence-electron chi connectivity index (χ4n) is 2.33. The van der Waals surface area contributed by atoms with Gasteiger partial charge >= 0.3 is 6.18 Å². The van der Waals surface area contributed by atoms with Gasteiger partial charge < -0.3 is 5.32 Å². The normalized spacial score (nSPS) is 23.2. The van der Waals surface area contributed by atoms with Gasteiger partial charge in [-0.3, -0.25) is 0 Å². The van der Waals surface area contributed by atoms with E-state index in [1.807, 2.05) is 0 Å². The van der Waals surface area contributed by atoms with Gasteiger partial charge in [-0.05, 0) is 13.8 Å². The van der Waals surface area contributed by atoms with E-state index >= 15 is 0 Å². The molecule has 7 heteroatoms. The summed E-state index contributed by atoms with van der Waals surface area (Å²) in [5.74, 6) is 0.